The number of hydrogen-bond acceptors (Lipinski definition) is 3. The molecule has 0 spiro atoms. The molecule has 1 aliphatic rings. The Hall–Kier alpha value is -1.35. The van der Waals surface area contributed by atoms with Crippen LogP contribution in [0, 0.1) is 20.0 Å². The van der Waals surface area contributed by atoms with Crippen LogP contribution in [-0.2, 0) is 9.78 Å². The third-order valence-corrected chi connectivity index (χ3v) is 3.22. The molecule has 0 N–H and O–H groups in total. The number of aryl methyl sites for hydroxylation is 1. The van der Waals surface area contributed by atoms with E-state index in [1.807, 2.05) is 26.0 Å². The molecular formula is C14H17O3. The zero-order valence-electron chi connectivity index (χ0n) is 10.3. The van der Waals surface area contributed by atoms with Gasteiger partial charge in [0.25, 0.3) is 0 Å². The number of carbonyl (C=O) groups excluding carboxylic acids is 1. The smallest absolute Gasteiger partial charge is 0.292 e. The van der Waals surface area contributed by atoms with Crippen molar-refractivity contribution < 1.29 is 14.6 Å². The average molecular weight is 233 g/mol. The van der Waals surface area contributed by atoms with Crippen LogP contribution in [0.4, 0.5) is 0 Å². The maximum atomic E-state index is 11.8. The van der Waals surface area contributed by atoms with Crippen LogP contribution in [0.15, 0.2) is 18.2 Å². The summed E-state index contributed by atoms with van der Waals surface area (Å²) in [6, 6.07) is 5.58. The highest BCUT2D eigenvalue weighted by Crippen LogP contribution is 2.28. The quantitative estimate of drug-likeness (QED) is 0.592. The lowest BCUT2D eigenvalue weighted by Crippen LogP contribution is -2.10. The second-order valence-corrected chi connectivity index (χ2v) is 4.45. The van der Waals surface area contributed by atoms with E-state index in [1.54, 1.807) is 6.07 Å². The van der Waals surface area contributed by atoms with Gasteiger partial charge >= 0.3 is 5.97 Å². The van der Waals surface area contributed by atoms with E-state index < -0.39 is 5.97 Å². The van der Waals surface area contributed by atoms with Crippen molar-refractivity contribution in [2.24, 2.45) is 0 Å². The van der Waals surface area contributed by atoms with E-state index in [0.717, 1.165) is 42.9 Å². The summed E-state index contributed by atoms with van der Waals surface area (Å²) in [5.74, 6) is -0.411. The minimum absolute atomic E-state index is 0.411. The molecule has 17 heavy (non-hydrogen) atoms. The molecule has 0 amide bonds. The Labute approximate surface area is 102 Å². The predicted molar refractivity (Wildman–Crippen MR) is 64.1 cm³/mol. The fourth-order valence-corrected chi connectivity index (χ4v) is 1.97. The van der Waals surface area contributed by atoms with Crippen LogP contribution in [0.2, 0.25) is 0 Å². The van der Waals surface area contributed by atoms with Crippen LogP contribution >= 0.6 is 0 Å². The molecule has 1 saturated carbocycles. The highest BCUT2D eigenvalue weighted by Gasteiger charge is 2.21. The van der Waals surface area contributed by atoms with Crippen molar-refractivity contribution >= 4 is 5.97 Å². The first-order valence-electron chi connectivity index (χ1n) is 5.98. The first kappa shape index (κ1) is 12.1. The molecule has 0 aliphatic heterocycles. The average Bonchev–Trinajstić information content (AvgIpc) is 2.82. The van der Waals surface area contributed by atoms with Crippen molar-refractivity contribution in [3.05, 3.63) is 41.0 Å². The van der Waals surface area contributed by atoms with Crippen LogP contribution in [0.5, 0.6) is 0 Å². The van der Waals surface area contributed by atoms with E-state index in [9.17, 15) is 4.79 Å². The Kier molecular flexibility index (Phi) is 3.79. The maximum absolute atomic E-state index is 11.8. The molecule has 1 aliphatic carbocycles. The van der Waals surface area contributed by atoms with E-state index in [2.05, 4.69) is 0 Å². The van der Waals surface area contributed by atoms with Gasteiger partial charge in [-0.15, -0.1) is 0 Å². The largest absolute Gasteiger partial charge is 0.373 e. The summed E-state index contributed by atoms with van der Waals surface area (Å²) in [6.07, 6.45) is 4.93. The molecule has 91 valence electrons. The van der Waals surface area contributed by atoms with Crippen molar-refractivity contribution in [1.29, 1.82) is 0 Å². The van der Waals surface area contributed by atoms with Gasteiger partial charge in [0.05, 0.1) is 5.56 Å². The van der Waals surface area contributed by atoms with Gasteiger partial charge in [-0.1, -0.05) is 25.0 Å². The first-order chi connectivity index (χ1) is 8.18. The van der Waals surface area contributed by atoms with Crippen molar-refractivity contribution in [2.45, 2.75) is 39.5 Å². The van der Waals surface area contributed by atoms with E-state index >= 15 is 0 Å². The minimum Gasteiger partial charge on any atom is -0.292 e. The van der Waals surface area contributed by atoms with Crippen molar-refractivity contribution in [2.75, 3.05) is 0 Å². The molecule has 0 unspecified atom stereocenters. The van der Waals surface area contributed by atoms with E-state index in [0.29, 0.717) is 5.56 Å². The molecular weight excluding hydrogens is 216 g/mol. The number of hydrogen-bond donors (Lipinski definition) is 0. The molecule has 0 atom stereocenters. The Morgan fingerprint density at radius 3 is 2.59 bits per heavy atom. The molecule has 2 rings (SSSR count). The molecule has 0 saturated heterocycles. The van der Waals surface area contributed by atoms with Gasteiger partial charge in [0.1, 0.15) is 6.10 Å². The number of benzene rings is 1. The molecule has 1 fully saturated rings. The van der Waals surface area contributed by atoms with Gasteiger partial charge in [-0.2, -0.15) is 4.89 Å². The second kappa shape index (κ2) is 5.32. The van der Waals surface area contributed by atoms with Gasteiger partial charge in [0.15, 0.2) is 0 Å². The molecule has 0 heterocycles. The highest BCUT2D eigenvalue weighted by molar-refractivity contribution is 5.90. The summed E-state index contributed by atoms with van der Waals surface area (Å²) < 4.78 is 0. The Morgan fingerprint density at radius 1 is 1.18 bits per heavy atom. The summed E-state index contributed by atoms with van der Waals surface area (Å²) >= 11 is 0. The SMILES string of the molecule is Cc1cccc(C(=O)OO[C]2CCCC2)c1C. The topological polar surface area (TPSA) is 35.5 Å². The fourth-order valence-electron chi connectivity index (χ4n) is 1.97. The van der Waals surface area contributed by atoms with Gasteiger partial charge in [0.2, 0.25) is 0 Å². The van der Waals surface area contributed by atoms with Crippen molar-refractivity contribution in [1.82, 2.24) is 0 Å². The van der Waals surface area contributed by atoms with Crippen molar-refractivity contribution in [3.63, 3.8) is 0 Å². The van der Waals surface area contributed by atoms with Gasteiger partial charge in [0, 0.05) is 0 Å². The Balaban J connectivity index is 1.97. The normalized spacial score (nSPS) is 16.1. The number of carbonyl (C=O) groups is 1. The zero-order valence-corrected chi connectivity index (χ0v) is 10.3. The third-order valence-electron chi connectivity index (χ3n) is 3.22. The highest BCUT2D eigenvalue weighted by atomic mass is 17.2. The van der Waals surface area contributed by atoms with Crippen LogP contribution in [0.25, 0.3) is 0 Å². The summed E-state index contributed by atoms with van der Waals surface area (Å²) in [5, 5.41) is 0. The first-order valence-corrected chi connectivity index (χ1v) is 5.98. The summed E-state index contributed by atoms with van der Waals surface area (Å²) in [4.78, 5) is 21.8. The maximum Gasteiger partial charge on any atom is 0.373 e. The lowest BCUT2D eigenvalue weighted by molar-refractivity contribution is -0.234. The van der Waals surface area contributed by atoms with E-state index in [-0.39, 0.29) is 0 Å². The molecule has 0 bridgehead atoms. The molecule has 1 aromatic rings. The fraction of sp³-hybridized carbons (Fsp3) is 0.429. The minimum atomic E-state index is -0.411. The van der Waals surface area contributed by atoms with Gasteiger partial charge in [-0.3, -0.25) is 4.89 Å². The van der Waals surface area contributed by atoms with Crippen LogP contribution in [0.3, 0.4) is 0 Å². The molecule has 1 aromatic carbocycles. The molecule has 0 aromatic heterocycles. The summed E-state index contributed by atoms with van der Waals surface area (Å²) in [7, 11) is 0. The monoisotopic (exact) mass is 233 g/mol. The van der Waals surface area contributed by atoms with E-state index in [4.69, 9.17) is 9.78 Å². The number of rotatable bonds is 3. The lowest BCUT2D eigenvalue weighted by Gasteiger charge is -2.10. The van der Waals surface area contributed by atoms with Crippen LogP contribution in [0.1, 0.15) is 47.2 Å². The second-order valence-electron chi connectivity index (χ2n) is 4.45. The molecule has 3 nitrogen and oxygen atoms in total. The van der Waals surface area contributed by atoms with E-state index in [1.165, 1.54) is 0 Å². The molecule has 3 heteroatoms. The van der Waals surface area contributed by atoms with Gasteiger partial charge in [-0.25, -0.2) is 4.79 Å². The summed E-state index contributed by atoms with van der Waals surface area (Å²) in [6.45, 7) is 3.88. The Morgan fingerprint density at radius 2 is 1.88 bits per heavy atom. The van der Waals surface area contributed by atoms with Crippen LogP contribution in [-0.4, -0.2) is 5.97 Å². The lowest BCUT2D eigenvalue weighted by atomic mass is 10.0. The third kappa shape index (κ3) is 2.86. The zero-order chi connectivity index (χ0) is 12.3. The van der Waals surface area contributed by atoms with Gasteiger partial charge in [-0.05, 0) is 43.9 Å². The molecule has 1 radical (unpaired) electrons. The predicted octanol–water partition coefficient (Wildman–Crippen LogP) is 3.50. The standard InChI is InChI=1S/C14H17O3/c1-10-6-5-9-13(11(10)2)14(15)17-16-12-7-3-4-8-12/h5-6,9H,3-4,7-8H2,1-2H3. The van der Waals surface area contributed by atoms with Gasteiger partial charge < -0.3 is 0 Å². The van der Waals surface area contributed by atoms with Crippen LogP contribution < -0.4 is 0 Å². The summed E-state index contributed by atoms with van der Waals surface area (Å²) in [5.41, 5.74) is 2.59. The Bertz CT molecular complexity index is 406. The van der Waals surface area contributed by atoms with Crippen molar-refractivity contribution in [3.8, 4) is 0 Å².